The van der Waals surface area contributed by atoms with Gasteiger partial charge in [-0.15, -0.1) is 11.3 Å². The summed E-state index contributed by atoms with van der Waals surface area (Å²) in [4.78, 5) is 6.01. The van der Waals surface area contributed by atoms with E-state index in [9.17, 15) is 0 Å². The summed E-state index contributed by atoms with van der Waals surface area (Å²) in [5.74, 6) is 0.696. The molecule has 0 saturated heterocycles. The molecule has 0 aromatic carbocycles. The Morgan fingerprint density at radius 1 is 1.47 bits per heavy atom. The molecule has 1 aromatic rings. The van der Waals surface area contributed by atoms with E-state index in [0.29, 0.717) is 12.5 Å². The van der Waals surface area contributed by atoms with Gasteiger partial charge in [0.05, 0.1) is 5.69 Å². The monoisotopic (exact) mass is 254 g/mol. The SMILES string of the molecule is CCCc1nc(C(OCC)C2CC2)sc1CN. The molecule has 1 aliphatic carbocycles. The number of rotatable bonds is 7. The van der Waals surface area contributed by atoms with Crippen molar-refractivity contribution in [3.05, 3.63) is 15.6 Å². The highest BCUT2D eigenvalue weighted by Crippen LogP contribution is 2.44. The van der Waals surface area contributed by atoms with Gasteiger partial charge in [0.2, 0.25) is 0 Å². The molecule has 1 atom stereocenters. The van der Waals surface area contributed by atoms with E-state index < -0.39 is 0 Å². The fourth-order valence-electron chi connectivity index (χ4n) is 2.10. The van der Waals surface area contributed by atoms with Crippen LogP contribution in [0, 0.1) is 5.92 Å². The van der Waals surface area contributed by atoms with Crippen molar-refractivity contribution < 1.29 is 4.74 Å². The highest BCUT2D eigenvalue weighted by molar-refractivity contribution is 7.11. The van der Waals surface area contributed by atoms with Gasteiger partial charge in [-0.3, -0.25) is 0 Å². The van der Waals surface area contributed by atoms with Gasteiger partial charge in [0.25, 0.3) is 0 Å². The number of nitrogens with zero attached hydrogens (tertiary/aromatic N) is 1. The van der Waals surface area contributed by atoms with Crippen LogP contribution in [0.25, 0.3) is 0 Å². The van der Waals surface area contributed by atoms with E-state index in [0.717, 1.165) is 24.5 Å². The van der Waals surface area contributed by atoms with E-state index in [1.807, 2.05) is 0 Å². The van der Waals surface area contributed by atoms with E-state index in [2.05, 4.69) is 13.8 Å². The summed E-state index contributed by atoms with van der Waals surface area (Å²) in [6, 6.07) is 0. The molecule has 4 heteroatoms. The quantitative estimate of drug-likeness (QED) is 0.813. The summed E-state index contributed by atoms with van der Waals surface area (Å²) in [6.07, 6.45) is 4.95. The molecule has 2 N–H and O–H groups in total. The van der Waals surface area contributed by atoms with E-state index in [1.54, 1.807) is 11.3 Å². The average Bonchev–Trinajstić information content (AvgIpc) is 3.08. The lowest BCUT2D eigenvalue weighted by atomic mass is 10.2. The molecule has 1 saturated carbocycles. The Balaban J connectivity index is 2.17. The lowest BCUT2D eigenvalue weighted by molar-refractivity contribution is 0.0461. The average molecular weight is 254 g/mol. The molecule has 3 nitrogen and oxygen atoms in total. The van der Waals surface area contributed by atoms with Crippen LogP contribution in [-0.4, -0.2) is 11.6 Å². The minimum absolute atomic E-state index is 0.223. The number of ether oxygens (including phenoxy) is 1. The van der Waals surface area contributed by atoms with Gasteiger partial charge in [-0.1, -0.05) is 13.3 Å². The highest BCUT2D eigenvalue weighted by Gasteiger charge is 2.35. The molecule has 1 aromatic heterocycles. The lowest BCUT2D eigenvalue weighted by Crippen LogP contribution is -2.06. The number of aryl methyl sites for hydroxylation is 1. The zero-order chi connectivity index (χ0) is 12.3. The van der Waals surface area contributed by atoms with Gasteiger partial charge in [0, 0.05) is 18.0 Å². The van der Waals surface area contributed by atoms with Gasteiger partial charge < -0.3 is 10.5 Å². The fourth-order valence-corrected chi connectivity index (χ4v) is 3.24. The highest BCUT2D eigenvalue weighted by atomic mass is 32.1. The molecule has 1 fully saturated rings. The molecule has 0 aliphatic heterocycles. The van der Waals surface area contributed by atoms with Crippen LogP contribution in [0.1, 0.15) is 54.8 Å². The topological polar surface area (TPSA) is 48.1 Å². The molecule has 1 aliphatic rings. The predicted molar refractivity (Wildman–Crippen MR) is 71.1 cm³/mol. The smallest absolute Gasteiger partial charge is 0.122 e. The Morgan fingerprint density at radius 3 is 2.76 bits per heavy atom. The summed E-state index contributed by atoms with van der Waals surface area (Å²) >= 11 is 1.75. The molecule has 0 amide bonds. The Labute approximate surface area is 107 Å². The van der Waals surface area contributed by atoms with E-state index in [1.165, 1.54) is 23.4 Å². The molecule has 17 heavy (non-hydrogen) atoms. The van der Waals surface area contributed by atoms with Gasteiger partial charge in [0.15, 0.2) is 0 Å². The number of thiazole rings is 1. The van der Waals surface area contributed by atoms with E-state index >= 15 is 0 Å². The third-order valence-electron chi connectivity index (χ3n) is 3.11. The third kappa shape index (κ3) is 3.06. The van der Waals surface area contributed by atoms with Crippen molar-refractivity contribution in [1.29, 1.82) is 0 Å². The maximum Gasteiger partial charge on any atom is 0.122 e. The maximum absolute atomic E-state index is 5.85. The van der Waals surface area contributed by atoms with Crippen molar-refractivity contribution in [3.8, 4) is 0 Å². The zero-order valence-electron chi connectivity index (χ0n) is 10.7. The standard InChI is InChI=1S/C13H22N2OS/c1-3-5-10-11(8-14)17-13(15-10)12(16-4-2)9-6-7-9/h9,12H,3-8,14H2,1-2H3. The maximum atomic E-state index is 5.85. The molecule has 96 valence electrons. The van der Waals surface area contributed by atoms with Crippen molar-refractivity contribution in [3.63, 3.8) is 0 Å². The molecular weight excluding hydrogens is 232 g/mol. The second-order valence-corrected chi connectivity index (χ2v) is 5.70. The molecule has 0 bridgehead atoms. The van der Waals surface area contributed by atoms with Crippen LogP contribution in [0.3, 0.4) is 0 Å². The fraction of sp³-hybridized carbons (Fsp3) is 0.769. The Hall–Kier alpha value is -0.450. The van der Waals surface area contributed by atoms with Gasteiger partial charge in [-0.2, -0.15) is 0 Å². The Morgan fingerprint density at radius 2 is 2.24 bits per heavy atom. The summed E-state index contributed by atoms with van der Waals surface area (Å²) in [5.41, 5.74) is 6.98. The van der Waals surface area contributed by atoms with Crippen molar-refractivity contribution in [2.45, 2.75) is 52.2 Å². The Kier molecular flexibility index (Phi) is 4.54. The second-order valence-electron chi connectivity index (χ2n) is 4.59. The first-order chi connectivity index (χ1) is 8.30. The van der Waals surface area contributed by atoms with Gasteiger partial charge in [-0.05, 0) is 32.1 Å². The van der Waals surface area contributed by atoms with Gasteiger partial charge >= 0.3 is 0 Å². The largest absolute Gasteiger partial charge is 0.371 e. The zero-order valence-corrected chi connectivity index (χ0v) is 11.6. The van der Waals surface area contributed by atoms with Gasteiger partial charge in [0.1, 0.15) is 11.1 Å². The van der Waals surface area contributed by atoms with Crippen LogP contribution in [0.4, 0.5) is 0 Å². The van der Waals surface area contributed by atoms with Crippen molar-refractivity contribution in [2.24, 2.45) is 11.7 Å². The molecular formula is C13H22N2OS. The summed E-state index contributed by atoms with van der Waals surface area (Å²) in [7, 11) is 0. The van der Waals surface area contributed by atoms with Crippen LogP contribution < -0.4 is 5.73 Å². The number of nitrogens with two attached hydrogens (primary N) is 1. The number of aromatic nitrogens is 1. The third-order valence-corrected chi connectivity index (χ3v) is 4.29. The molecule has 0 radical (unpaired) electrons. The summed E-state index contributed by atoms with van der Waals surface area (Å²) in [5, 5.41) is 1.15. The van der Waals surface area contributed by atoms with Crippen LogP contribution in [-0.2, 0) is 17.7 Å². The first-order valence-electron chi connectivity index (χ1n) is 6.60. The van der Waals surface area contributed by atoms with E-state index in [4.69, 9.17) is 15.5 Å². The van der Waals surface area contributed by atoms with Crippen LogP contribution in [0.5, 0.6) is 0 Å². The molecule has 2 rings (SSSR count). The lowest BCUT2D eigenvalue weighted by Gasteiger charge is -2.12. The van der Waals surface area contributed by atoms with Crippen LogP contribution >= 0.6 is 11.3 Å². The van der Waals surface area contributed by atoms with E-state index in [-0.39, 0.29) is 6.10 Å². The first-order valence-corrected chi connectivity index (χ1v) is 7.41. The van der Waals surface area contributed by atoms with Crippen LogP contribution in [0.15, 0.2) is 0 Å². The second kappa shape index (κ2) is 5.94. The molecule has 1 heterocycles. The minimum Gasteiger partial charge on any atom is -0.371 e. The first kappa shape index (κ1) is 13.0. The summed E-state index contributed by atoms with van der Waals surface area (Å²) in [6.45, 7) is 5.61. The number of hydrogen-bond donors (Lipinski definition) is 1. The minimum atomic E-state index is 0.223. The van der Waals surface area contributed by atoms with Crippen molar-refractivity contribution in [2.75, 3.05) is 6.61 Å². The summed E-state index contributed by atoms with van der Waals surface area (Å²) < 4.78 is 5.85. The van der Waals surface area contributed by atoms with Crippen molar-refractivity contribution in [1.82, 2.24) is 4.98 Å². The normalized spacial score (nSPS) is 17.4. The molecule has 0 spiro atoms. The predicted octanol–water partition coefficient (Wildman–Crippen LogP) is 3.04. The molecule has 1 unspecified atom stereocenters. The number of hydrogen-bond acceptors (Lipinski definition) is 4. The Bertz CT molecular complexity index is 360. The van der Waals surface area contributed by atoms with Gasteiger partial charge in [-0.25, -0.2) is 4.98 Å². The van der Waals surface area contributed by atoms with Crippen molar-refractivity contribution >= 4 is 11.3 Å². The van der Waals surface area contributed by atoms with Crippen LogP contribution in [0.2, 0.25) is 0 Å².